The van der Waals surface area contributed by atoms with Gasteiger partial charge in [-0.1, -0.05) is 43.2 Å². The molecule has 0 spiro atoms. The van der Waals surface area contributed by atoms with Gasteiger partial charge in [-0.05, 0) is 18.4 Å². The van der Waals surface area contributed by atoms with E-state index >= 15 is 0 Å². The van der Waals surface area contributed by atoms with Crippen molar-refractivity contribution in [2.24, 2.45) is 0 Å². The van der Waals surface area contributed by atoms with Crippen molar-refractivity contribution in [2.45, 2.75) is 50.6 Å². The lowest BCUT2D eigenvalue weighted by atomic mass is 10.0. The second-order valence-electron chi connectivity index (χ2n) is 6.03. The van der Waals surface area contributed by atoms with Crippen LogP contribution in [0.15, 0.2) is 30.3 Å². The lowest BCUT2D eigenvalue weighted by Gasteiger charge is -2.29. The Balaban J connectivity index is 1.76. The highest BCUT2D eigenvalue weighted by Crippen LogP contribution is 2.25. The van der Waals surface area contributed by atoms with Crippen LogP contribution >= 0.6 is 0 Å². The average molecular weight is 286 g/mol. The summed E-state index contributed by atoms with van der Waals surface area (Å²) >= 11 is 0. The Bertz CT molecular complexity index is 509. The molecule has 1 saturated carbocycles. The summed E-state index contributed by atoms with van der Waals surface area (Å²) in [7, 11) is 0. The fraction of sp³-hybridized carbons (Fsp3) is 0.529. The molecule has 4 nitrogen and oxygen atoms in total. The van der Waals surface area contributed by atoms with Gasteiger partial charge >= 0.3 is 0 Å². The van der Waals surface area contributed by atoms with Crippen molar-refractivity contribution >= 4 is 11.8 Å². The maximum Gasteiger partial charge on any atom is 0.245 e. The molecule has 1 saturated heterocycles. The highest BCUT2D eigenvalue weighted by Gasteiger charge is 2.34. The molecule has 4 heteroatoms. The monoisotopic (exact) mass is 286 g/mol. The first kappa shape index (κ1) is 14.1. The zero-order chi connectivity index (χ0) is 14.7. The van der Waals surface area contributed by atoms with Gasteiger partial charge < -0.3 is 10.2 Å². The van der Waals surface area contributed by atoms with E-state index in [1.165, 1.54) is 12.8 Å². The molecule has 21 heavy (non-hydrogen) atoms. The second kappa shape index (κ2) is 6.29. The summed E-state index contributed by atoms with van der Waals surface area (Å²) in [5.74, 6) is 0.0846. The summed E-state index contributed by atoms with van der Waals surface area (Å²) < 4.78 is 0. The third-order valence-electron chi connectivity index (χ3n) is 4.54. The van der Waals surface area contributed by atoms with E-state index < -0.39 is 6.04 Å². The summed E-state index contributed by atoms with van der Waals surface area (Å²) in [4.78, 5) is 26.7. The molecule has 0 radical (unpaired) electrons. The first-order valence-electron chi connectivity index (χ1n) is 7.88. The maximum atomic E-state index is 12.8. The Morgan fingerprint density at radius 1 is 1.10 bits per heavy atom. The van der Waals surface area contributed by atoms with E-state index in [2.05, 4.69) is 5.32 Å². The smallest absolute Gasteiger partial charge is 0.245 e. The van der Waals surface area contributed by atoms with Crippen LogP contribution in [-0.2, 0) is 16.0 Å². The number of rotatable bonds is 3. The summed E-state index contributed by atoms with van der Waals surface area (Å²) in [6.45, 7) is 0.570. The molecule has 1 atom stereocenters. The van der Waals surface area contributed by atoms with Crippen LogP contribution in [0.1, 0.15) is 37.7 Å². The van der Waals surface area contributed by atoms with Crippen molar-refractivity contribution in [3.05, 3.63) is 35.9 Å². The molecule has 3 rings (SSSR count). The number of hydrogen-bond donors (Lipinski definition) is 1. The minimum absolute atomic E-state index is 0.00946. The van der Waals surface area contributed by atoms with E-state index in [-0.39, 0.29) is 11.8 Å². The molecule has 1 heterocycles. The Hall–Kier alpha value is -1.84. The highest BCUT2D eigenvalue weighted by molar-refractivity contribution is 5.90. The van der Waals surface area contributed by atoms with Crippen molar-refractivity contribution in [3.63, 3.8) is 0 Å². The van der Waals surface area contributed by atoms with Crippen LogP contribution in [0.25, 0.3) is 0 Å². The SMILES string of the molecule is O=C1CCN(C2CCCC2)C(=O)C(Cc2ccccc2)N1. The van der Waals surface area contributed by atoms with Gasteiger partial charge in [0.25, 0.3) is 0 Å². The zero-order valence-electron chi connectivity index (χ0n) is 12.3. The number of hydrogen-bond acceptors (Lipinski definition) is 2. The molecule has 2 fully saturated rings. The standard InChI is InChI=1S/C17H22N2O2/c20-16-10-11-19(14-8-4-5-9-14)17(21)15(18-16)12-13-6-2-1-3-7-13/h1-3,6-7,14-15H,4-5,8-12H2,(H,18,20). The minimum atomic E-state index is -0.414. The summed E-state index contributed by atoms with van der Waals surface area (Å²) in [6.07, 6.45) is 5.55. The third kappa shape index (κ3) is 3.26. The van der Waals surface area contributed by atoms with Gasteiger partial charge in [-0.3, -0.25) is 9.59 Å². The Morgan fingerprint density at radius 3 is 2.52 bits per heavy atom. The number of nitrogens with zero attached hydrogens (tertiary/aromatic N) is 1. The molecule has 1 unspecified atom stereocenters. The highest BCUT2D eigenvalue weighted by atomic mass is 16.2. The van der Waals surface area contributed by atoms with Gasteiger partial charge in [0, 0.05) is 25.4 Å². The van der Waals surface area contributed by atoms with Crippen molar-refractivity contribution in [1.29, 1.82) is 0 Å². The van der Waals surface area contributed by atoms with Gasteiger partial charge in [-0.15, -0.1) is 0 Å². The van der Waals surface area contributed by atoms with E-state index in [4.69, 9.17) is 0 Å². The van der Waals surface area contributed by atoms with E-state index in [9.17, 15) is 9.59 Å². The first-order chi connectivity index (χ1) is 10.2. The van der Waals surface area contributed by atoms with E-state index in [0.717, 1.165) is 18.4 Å². The average Bonchev–Trinajstić information content (AvgIpc) is 2.97. The summed E-state index contributed by atoms with van der Waals surface area (Å²) in [5.41, 5.74) is 1.09. The Kier molecular flexibility index (Phi) is 4.23. The first-order valence-corrected chi connectivity index (χ1v) is 7.88. The van der Waals surface area contributed by atoms with Gasteiger partial charge in [0.05, 0.1) is 0 Å². The number of carbonyl (C=O) groups excluding carboxylic acids is 2. The van der Waals surface area contributed by atoms with Crippen LogP contribution in [0.2, 0.25) is 0 Å². The van der Waals surface area contributed by atoms with Gasteiger partial charge in [0.2, 0.25) is 11.8 Å². The van der Waals surface area contributed by atoms with Crippen molar-refractivity contribution in [3.8, 4) is 0 Å². The van der Waals surface area contributed by atoms with Gasteiger partial charge in [-0.2, -0.15) is 0 Å². The summed E-state index contributed by atoms with van der Waals surface area (Å²) in [5, 5.41) is 2.90. The topological polar surface area (TPSA) is 49.4 Å². The largest absolute Gasteiger partial charge is 0.344 e. The fourth-order valence-corrected chi connectivity index (χ4v) is 3.43. The van der Waals surface area contributed by atoms with Crippen LogP contribution in [0, 0.1) is 0 Å². The molecule has 2 aliphatic rings. The normalized spacial score (nSPS) is 24.0. The zero-order valence-corrected chi connectivity index (χ0v) is 12.3. The van der Waals surface area contributed by atoms with Crippen LogP contribution in [0.4, 0.5) is 0 Å². The van der Waals surface area contributed by atoms with E-state index in [0.29, 0.717) is 25.4 Å². The minimum Gasteiger partial charge on any atom is -0.344 e. The van der Waals surface area contributed by atoms with Crippen LogP contribution in [0.5, 0.6) is 0 Å². The molecular formula is C17H22N2O2. The molecule has 1 aromatic rings. The molecule has 1 aromatic carbocycles. The molecule has 1 aliphatic carbocycles. The Labute approximate surface area is 125 Å². The van der Waals surface area contributed by atoms with E-state index in [1.807, 2.05) is 35.2 Å². The molecule has 2 amide bonds. The molecule has 1 N–H and O–H groups in total. The number of nitrogens with one attached hydrogen (secondary N) is 1. The van der Waals surface area contributed by atoms with Gasteiger partial charge in [0.1, 0.15) is 6.04 Å². The quantitative estimate of drug-likeness (QED) is 0.922. The Morgan fingerprint density at radius 2 is 1.81 bits per heavy atom. The maximum absolute atomic E-state index is 12.8. The van der Waals surface area contributed by atoms with Crippen molar-refractivity contribution in [2.75, 3.05) is 6.54 Å². The number of benzene rings is 1. The van der Waals surface area contributed by atoms with Crippen LogP contribution in [0.3, 0.4) is 0 Å². The molecule has 0 bridgehead atoms. The molecule has 0 aromatic heterocycles. The second-order valence-corrected chi connectivity index (χ2v) is 6.03. The fourth-order valence-electron chi connectivity index (χ4n) is 3.43. The predicted molar refractivity (Wildman–Crippen MR) is 80.7 cm³/mol. The molecule has 1 aliphatic heterocycles. The van der Waals surface area contributed by atoms with Gasteiger partial charge in [-0.25, -0.2) is 0 Å². The lowest BCUT2D eigenvalue weighted by Crippen LogP contribution is -2.48. The number of amides is 2. The van der Waals surface area contributed by atoms with Gasteiger partial charge in [0.15, 0.2) is 0 Å². The summed E-state index contributed by atoms with van der Waals surface area (Å²) in [6, 6.07) is 9.82. The van der Waals surface area contributed by atoms with E-state index in [1.54, 1.807) is 0 Å². The lowest BCUT2D eigenvalue weighted by molar-refractivity contribution is -0.135. The number of carbonyl (C=O) groups is 2. The van der Waals surface area contributed by atoms with Crippen LogP contribution < -0.4 is 5.32 Å². The molecule has 112 valence electrons. The van der Waals surface area contributed by atoms with Crippen LogP contribution in [-0.4, -0.2) is 35.3 Å². The van der Waals surface area contributed by atoms with Crippen molar-refractivity contribution in [1.82, 2.24) is 10.2 Å². The third-order valence-corrected chi connectivity index (χ3v) is 4.54. The molecular weight excluding hydrogens is 264 g/mol. The van der Waals surface area contributed by atoms with Crippen molar-refractivity contribution < 1.29 is 9.59 Å². The predicted octanol–water partition coefficient (Wildman–Crippen LogP) is 1.89.